The third-order valence-electron chi connectivity index (χ3n) is 4.42. The quantitative estimate of drug-likeness (QED) is 0.716. The number of esters is 1. The van der Waals surface area contributed by atoms with Crippen LogP contribution in [0.25, 0.3) is 0 Å². The van der Waals surface area contributed by atoms with E-state index in [0.29, 0.717) is 11.8 Å². The molecule has 0 heterocycles. The van der Waals surface area contributed by atoms with E-state index in [0.717, 1.165) is 25.7 Å². The first-order chi connectivity index (χ1) is 8.61. The van der Waals surface area contributed by atoms with Crippen molar-refractivity contribution >= 4 is 11.9 Å². The molecule has 5 heteroatoms. The molecule has 0 aromatic rings. The molecule has 3 N–H and O–H groups in total. The maximum absolute atomic E-state index is 12.0. The number of carbonyl (C=O) groups excluding carboxylic acids is 2. The van der Waals surface area contributed by atoms with Crippen LogP contribution in [0, 0.1) is 17.8 Å². The van der Waals surface area contributed by atoms with E-state index in [4.69, 9.17) is 5.73 Å². The summed E-state index contributed by atoms with van der Waals surface area (Å²) in [6.07, 6.45) is 5.24. The van der Waals surface area contributed by atoms with Crippen molar-refractivity contribution in [3.8, 4) is 0 Å². The van der Waals surface area contributed by atoms with Crippen LogP contribution in [0.2, 0.25) is 0 Å². The van der Waals surface area contributed by atoms with Crippen molar-refractivity contribution < 1.29 is 14.3 Å². The van der Waals surface area contributed by atoms with Crippen molar-refractivity contribution in [2.45, 2.75) is 38.1 Å². The summed E-state index contributed by atoms with van der Waals surface area (Å²) in [5.41, 5.74) is 6.18. The maximum atomic E-state index is 12.0. The van der Waals surface area contributed by atoms with E-state index < -0.39 is 5.97 Å². The number of methoxy groups -OCH3 is 1. The van der Waals surface area contributed by atoms with Gasteiger partial charge in [0.15, 0.2) is 0 Å². The second-order valence-electron chi connectivity index (χ2n) is 5.49. The van der Waals surface area contributed by atoms with Crippen molar-refractivity contribution in [2.24, 2.45) is 23.5 Å². The van der Waals surface area contributed by atoms with Gasteiger partial charge in [-0.15, -0.1) is 0 Å². The van der Waals surface area contributed by atoms with E-state index in [2.05, 4.69) is 10.1 Å². The number of amides is 1. The van der Waals surface area contributed by atoms with Crippen molar-refractivity contribution in [2.75, 3.05) is 13.7 Å². The van der Waals surface area contributed by atoms with Gasteiger partial charge in [0.25, 0.3) is 0 Å². The number of nitrogens with two attached hydrogens (primary N) is 1. The molecule has 18 heavy (non-hydrogen) atoms. The minimum atomic E-state index is -0.406. The molecule has 5 nitrogen and oxygen atoms in total. The van der Waals surface area contributed by atoms with Gasteiger partial charge >= 0.3 is 5.97 Å². The average Bonchev–Trinajstić information content (AvgIpc) is 2.35. The number of hydrogen-bond acceptors (Lipinski definition) is 4. The Kier molecular flexibility index (Phi) is 4.22. The van der Waals surface area contributed by atoms with Crippen LogP contribution in [0.4, 0.5) is 0 Å². The zero-order valence-electron chi connectivity index (χ0n) is 10.9. The van der Waals surface area contributed by atoms with Gasteiger partial charge in [-0.3, -0.25) is 9.59 Å². The zero-order chi connectivity index (χ0) is 13.1. The van der Waals surface area contributed by atoms with Gasteiger partial charge in [0, 0.05) is 12.0 Å². The second-order valence-corrected chi connectivity index (χ2v) is 5.49. The molecule has 0 aromatic heterocycles. The fourth-order valence-corrected chi connectivity index (χ4v) is 3.38. The molecule has 2 aliphatic rings. The van der Waals surface area contributed by atoms with E-state index in [-0.39, 0.29) is 24.4 Å². The van der Waals surface area contributed by atoms with Crippen LogP contribution in [-0.4, -0.2) is 31.6 Å². The summed E-state index contributed by atoms with van der Waals surface area (Å²) in [6.45, 7) is -0.0345. The fourth-order valence-electron chi connectivity index (χ4n) is 3.38. The molecule has 2 saturated carbocycles. The van der Waals surface area contributed by atoms with Gasteiger partial charge in [-0.25, -0.2) is 0 Å². The van der Waals surface area contributed by atoms with Gasteiger partial charge in [-0.1, -0.05) is 6.42 Å². The number of fused-ring (bicyclic) bond motifs is 2. The topological polar surface area (TPSA) is 81.4 Å². The van der Waals surface area contributed by atoms with Crippen LogP contribution in [0.3, 0.4) is 0 Å². The minimum absolute atomic E-state index is 0.0183. The Morgan fingerprint density at radius 2 is 1.89 bits per heavy atom. The Morgan fingerprint density at radius 1 is 1.28 bits per heavy atom. The molecule has 2 bridgehead atoms. The monoisotopic (exact) mass is 254 g/mol. The second kappa shape index (κ2) is 5.69. The molecule has 0 spiro atoms. The molecule has 0 aromatic carbocycles. The Labute approximate surface area is 107 Å². The van der Waals surface area contributed by atoms with Crippen LogP contribution in [0.5, 0.6) is 0 Å². The van der Waals surface area contributed by atoms with Gasteiger partial charge in [0.1, 0.15) is 6.54 Å². The predicted octanol–water partition coefficient (Wildman–Crippen LogP) is 0.429. The summed E-state index contributed by atoms with van der Waals surface area (Å²) in [5.74, 6) is 0.544. The molecule has 102 valence electrons. The number of carbonyl (C=O) groups is 2. The maximum Gasteiger partial charge on any atom is 0.325 e. The van der Waals surface area contributed by atoms with Crippen LogP contribution < -0.4 is 11.1 Å². The highest BCUT2D eigenvalue weighted by molar-refractivity contribution is 5.83. The number of ether oxygens (including phenoxy) is 1. The van der Waals surface area contributed by atoms with Crippen molar-refractivity contribution in [3.63, 3.8) is 0 Å². The van der Waals surface area contributed by atoms with Gasteiger partial charge in [0.2, 0.25) is 5.91 Å². The summed E-state index contributed by atoms with van der Waals surface area (Å²) < 4.78 is 4.51. The zero-order valence-corrected chi connectivity index (χ0v) is 10.9. The molecule has 1 amide bonds. The van der Waals surface area contributed by atoms with Crippen molar-refractivity contribution in [3.05, 3.63) is 0 Å². The third-order valence-corrected chi connectivity index (χ3v) is 4.42. The highest BCUT2D eigenvalue weighted by Gasteiger charge is 2.40. The van der Waals surface area contributed by atoms with Gasteiger partial charge in [0.05, 0.1) is 7.11 Å². The Morgan fingerprint density at radius 3 is 2.44 bits per heavy atom. The lowest BCUT2D eigenvalue weighted by atomic mass is 9.65. The molecule has 2 aliphatic carbocycles. The average molecular weight is 254 g/mol. The number of nitrogens with one attached hydrogen (secondary N) is 1. The molecule has 2 unspecified atom stereocenters. The summed E-state index contributed by atoms with van der Waals surface area (Å²) in [7, 11) is 1.32. The molecule has 2 rings (SSSR count). The summed E-state index contributed by atoms with van der Waals surface area (Å²) >= 11 is 0. The molecule has 0 aliphatic heterocycles. The first kappa shape index (κ1) is 13.3. The lowest BCUT2D eigenvalue weighted by molar-refractivity contribution is -0.142. The molecule has 2 fully saturated rings. The standard InChI is InChI=1S/C13H22N2O3/c1-18-11(16)7-15-13(17)10-5-8-3-2-4-9(6-10)12(8)14/h8-10,12H,2-7,14H2,1H3,(H,15,17). The van der Waals surface area contributed by atoms with Crippen LogP contribution in [-0.2, 0) is 14.3 Å². The Balaban J connectivity index is 1.86. The third kappa shape index (κ3) is 2.83. The number of hydrogen-bond donors (Lipinski definition) is 2. The molecular weight excluding hydrogens is 232 g/mol. The Bertz CT molecular complexity index is 318. The predicted molar refractivity (Wildman–Crippen MR) is 66.6 cm³/mol. The smallest absolute Gasteiger partial charge is 0.325 e. The minimum Gasteiger partial charge on any atom is -0.468 e. The van der Waals surface area contributed by atoms with Crippen LogP contribution in [0.15, 0.2) is 0 Å². The molecule has 0 saturated heterocycles. The highest BCUT2D eigenvalue weighted by Crippen LogP contribution is 2.41. The van der Waals surface area contributed by atoms with Gasteiger partial charge < -0.3 is 15.8 Å². The van der Waals surface area contributed by atoms with E-state index in [9.17, 15) is 9.59 Å². The SMILES string of the molecule is COC(=O)CNC(=O)C1CC2CCCC(C1)C2N. The van der Waals surface area contributed by atoms with Crippen molar-refractivity contribution in [1.29, 1.82) is 0 Å². The lowest BCUT2D eigenvalue weighted by Crippen LogP contribution is -2.49. The fraction of sp³-hybridized carbons (Fsp3) is 0.846. The number of rotatable bonds is 3. The molecular formula is C13H22N2O3. The summed E-state index contributed by atoms with van der Waals surface area (Å²) in [4.78, 5) is 23.0. The first-order valence-corrected chi connectivity index (χ1v) is 6.72. The lowest BCUT2D eigenvalue weighted by Gasteiger charge is -2.43. The summed E-state index contributed by atoms with van der Waals surface area (Å²) in [6, 6.07) is 0.267. The molecule has 2 atom stereocenters. The Hall–Kier alpha value is -1.10. The van der Waals surface area contributed by atoms with E-state index in [1.807, 2.05) is 0 Å². The van der Waals surface area contributed by atoms with Crippen molar-refractivity contribution in [1.82, 2.24) is 5.32 Å². The first-order valence-electron chi connectivity index (χ1n) is 6.72. The summed E-state index contributed by atoms with van der Waals surface area (Å²) in [5, 5.41) is 2.65. The van der Waals surface area contributed by atoms with E-state index in [1.54, 1.807) is 0 Å². The van der Waals surface area contributed by atoms with Gasteiger partial charge in [-0.05, 0) is 37.5 Å². The molecule has 0 radical (unpaired) electrons. The highest BCUT2D eigenvalue weighted by atomic mass is 16.5. The van der Waals surface area contributed by atoms with E-state index >= 15 is 0 Å². The normalized spacial score (nSPS) is 34.8. The van der Waals surface area contributed by atoms with Gasteiger partial charge in [-0.2, -0.15) is 0 Å². The largest absolute Gasteiger partial charge is 0.468 e. The van der Waals surface area contributed by atoms with Crippen LogP contribution in [0.1, 0.15) is 32.1 Å². The van der Waals surface area contributed by atoms with E-state index in [1.165, 1.54) is 13.5 Å². The van der Waals surface area contributed by atoms with Crippen LogP contribution >= 0.6 is 0 Å².